The van der Waals surface area contributed by atoms with Gasteiger partial charge in [0.25, 0.3) is 0 Å². The summed E-state index contributed by atoms with van der Waals surface area (Å²) in [5.41, 5.74) is 1.98. The van der Waals surface area contributed by atoms with Crippen LogP contribution < -0.4 is 16.0 Å². The lowest BCUT2D eigenvalue weighted by molar-refractivity contribution is -0.121. The van der Waals surface area contributed by atoms with Crippen LogP contribution in [0.2, 0.25) is 0 Å². The summed E-state index contributed by atoms with van der Waals surface area (Å²) in [6.07, 6.45) is 0. The lowest BCUT2D eigenvalue weighted by atomic mass is 10.2. The maximum atomic E-state index is 12.0. The van der Waals surface area contributed by atoms with Gasteiger partial charge < -0.3 is 5.32 Å². The Morgan fingerprint density at radius 2 is 1.92 bits per heavy atom. The minimum atomic E-state index is -0.508. The molecule has 3 amide bonds. The molecule has 2 aromatic rings. The fourth-order valence-electron chi connectivity index (χ4n) is 2.17. The molecule has 24 heavy (non-hydrogen) atoms. The molecule has 0 aliphatic carbocycles. The molecular formula is C17H22N4O2S. The van der Waals surface area contributed by atoms with Crippen LogP contribution in [0.25, 0.3) is 11.3 Å². The molecule has 0 radical (unpaired) electrons. The average molecular weight is 346 g/mol. The highest BCUT2D eigenvalue weighted by atomic mass is 32.1. The highest BCUT2D eigenvalue weighted by molar-refractivity contribution is 7.10. The van der Waals surface area contributed by atoms with E-state index in [0.29, 0.717) is 6.54 Å². The van der Waals surface area contributed by atoms with Gasteiger partial charge in [-0.15, -0.1) is 11.3 Å². The molecule has 3 N–H and O–H groups in total. The van der Waals surface area contributed by atoms with Crippen molar-refractivity contribution in [2.75, 3.05) is 6.54 Å². The summed E-state index contributed by atoms with van der Waals surface area (Å²) < 4.78 is 0. The van der Waals surface area contributed by atoms with Crippen molar-refractivity contribution in [3.63, 3.8) is 0 Å². The van der Waals surface area contributed by atoms with Crippen LogP contribution in [0.5, 0.6) is 0 Å². The Hall–Kier alpha value is -2.25. The average Bonchev–Trinajstić information content (AvgIpc) is 3.06. The Morgan fingerprint density at radius 3 is 2.58 bits per heavy atom. The molecule has 2 atom stereocenters. The zero-order valence-electron chi connectivity index (χ0n) is 14.0. The summed E-state index contributed by atoms with van der Waals surface area (Å²) in [4.78, 5) is 28.0. The predicted molar refractivity (Wildman–Crippen MR) is 95.8 cm³/mol. The summed E-state index contributed by atoms with van der Waals surface area (Å²) in [6.45, 7) is 5.93. The molecule has 0 bridgehead atoms. The van der Waals surface area contributed by atoms with Gasteiger partial charge in [-0.3, -0.25) is 15.4 Å². The van der Waals surface area contributed by atoms with Crippen molar-refractivity contribution < 1.29 is 9.59 Å². The first-order valence-corrected chi connectivity index (χ1v) is 8.74. The number of carbonyl (C=O) groups is 2. The van der Waals surface area contributed by atoms with Gasteiger partial charge in [-0.05, 0) is 20.8 Å². The SMILES string of the molecule is CCNC(=O)NC(=O)C(C)NC(C)c1nc(-c2ccccc2)cs1. The second-order valence-corrected chi connectivity index (χ2v) is 6.29. The van der Waals surface area contributed by atoms with E-state index in [1.54, 1.807) is 25.2 Å². The first-order valence-electron chi connectivity index (χ1n) is 7.86. The van der Waals surface area contributed by atoms with Gasteiger partial charge in [-0.1, -0.05) is 30.3 Å². The maximum absolute atomic E-state index is 12.0. The van der Waals surface area contributed by atoms with Crippen molar-refractivity contribution in [1.29, 1.82) is 0 Å². The first-order chi connectivity index (χ1) is 11.5. The number of amides is 3. The Labute approximate surface area is 145 Å². The summed E-state index contributed by atoms with van der Waals surface area (Å²) in [6, 6.07) is 8.86. The van der Waals surface area contributed by atoms with E-state index in [2.05, 4.69) is 20.9 Å². The molecule has 2 unspecified atom stereocenters. The normalized spacial score (nSPS) is 13.1. The highest BCUT2D eigenvalue weighted by Crippen LogP contribution is 2.25. The van der Waals surface area contributed by atoms with Crippen molar-refractivity contribution in [2.45, 2.75) is 32.9 Å². The van der Waals surface area contributed by atoms with Crippen molar-refractivity contribution in [3.05, 3.63) is 40.7 Å². The van der Waals surface area contributed by atoms with Crippen molar-refractivity contribution in [1.82, 2.24) is 20.9 Å². The van der Waals surface area contributed by atoms with E-state index in [9.17, 15) is 9.59 Å². The van der Waals surface area contributed by atoms with Crippen LogP contribution in [-0.2, 0) is 4.79 Å². The summed E-state index contributed by atoms with van der Waals surface area (Å²) in [5.74, 6) is -0.368. The van der Waals surface area contributed by atoms with Gasteiger partial charge in [0, 0.05) is 17.5 Å². The van der Waals surface area contributed by atoms with Gasteiger partial charge in [-0.25, -0.2) is 9.78 Å². The molecule has 2 rings (SSSR count). The van der Waals surface area contributed by atoms with Crippen molar-refractivity contribution in [2.24, 2.45) is 0 Å². The maximum Gasteiger partial charge on any atom is 0.321 e. The fourth-order valence-corrected chi connectivity index (χ4v) is 3.02. The van der Waals surface area contributed by atoms with Gasteiger partial charge >= 0.3 is 6.03 Å². The summed E-state index contributed by atoms with van der Waals surface area (Å²) in [5, 5.41) is 10.9. The van der Waals surface area contributed by atoms with Crippen LogP contribution in [0, 0.1) is 0 Å². The molecule has 1 heterocycles. The quantitative estimate of drug-likeness (QED) is 0.751. The van der Waals surface area contributed by atoms with Crippen LogP contribution in [0.1, 0.15) is 31.8 Å². The molecule has 1 aromatic carbocycles. The second kappa shape index (κ2) is 8.56. The lowest BCUT2D eigenvalue weighted by Crippen LogP contribution is -2.48. The zero-order valence-corrected chi connectivity index (χ0v) is 14.8. The number of thiazole rings is 1. The Morgan fingerprint density at radius 1 is 1.21 bits per heavy atom. The van der Waals surface area contributed by atoms with Crippen LogP contribution in [-0.4, -0.2) is 29.5 Å². The van der Waals surface area contributed by atoms with E-state index in [-0.39, 0.29) is 11.9 Å². The summed E-state index contributed by atoms with van der Waals surface area (Å²) in [7, 11) is 0. The molecule has 0 aliphatic rings. The zero-order chi connectivity index (χ0) is 17.5. The van der Waals surface area contributed by atoms with Gasteiger partial charge in [-0.2, -0.15) is 0 Å². The number of hydrogen-bond acceptors (Lipinski definition) is 5. The molecule has 0 fully saturated rings. The molecule has 0 saturated heterocycles. The Kier molecular flexibility index (Phi) is 6.45. The standard InChI is InChI=1S/C17H22N4O2S/c1-4-18-17(23)21-15(22)11(2)19-12(3)16-20-14(10-24-16)13-8-6-5-7-9-13/h5-12,19H,4H2,1-3H3,(H2,18,21,22,23). The van der Waals surface area contributed by atoms with Gasteiger partial charge in [0.05, 0.1) is 17.8 Å². The van der Waals surface area contributed by atoms with Crippen LogP contribution in [0.4, 0.5) is 4.79 Å². The minimum Gasteiger partial charge on any atom is -0.338 e. The third kappa shape index (κ3) is 4.87. The van der Waals surface area contributed by atoms with Gasteiger partial charge in [0.2, 0.25) is 5.91 Å². The Balaban J connectivity index is 1.95. The third-order valence-corrected chi connectivity index (χ3v) is 4.46. The highest BCUT2D eigenvalue weighted by Gasteiger charge is 2.20. The molecule has 6 nitrogen and oxygen atoms in total. The number of benzene rings is 1. The van der Waals surface area contributed by atoms with E-state index < -0.39 is 12.1 Å². The number of rotatable bonds is 6. The second-order valence-electron chi connectivity index (χ2n) is 5.40. The predicted octanol–water partition coefficient (Wildman–Crippen LogP) is 2.69. The van der Waals surface area contributed by atoms with Crippen LogP contribution >= 0.6 is 11.3 Å². The molecule has 1 aromatic heterocycles. The lowest BCUT2D eigenvalue weighted by Gasteiger charge is -2.17. The first kappa shape index (κ1) is 18.1. The largest absolute Gasteiger partial charge is 0.338 e. The van der Waals surface area contributed by atoms with Gasteiger partial charge in [0.15, 0.2) is 0 Å². The monoisotopic (exact) mass is 346 g/mol. The molecule has 7 heteroatoms. The molecule has 0 saturated carbocycles. The molecular weight excluding hydrogens is 324 g/mol. The number of nitrogens with one attached hydrogen (secondary N) is 3. The number of imide groups is 1. The number of carbonyl (C=O) groups excluding carboxylic acids is 2. The minimum absolute atomic E-state index is 0.0950. The van der Waals surface area contributed by atoms with E-state index in [0.717, 1.165) is 16.3 Å². The summed E-state index contributed by atoms with van der Waals surface area (Å²) >= 11 is 1.54. The van der Waals surface area contributed by atoms with Crippen LogP contribution in [0.15, 0.2) is 35.7 Å². The molecule has 0 aliphatic heterocycles. The van der Waals surface area contributed by atoms with Gasteiger partial charge in [0.1, 0.15) is 5.01 Å². The number of aromatic nitrogens is 1. The van der Waals surface area contributed by atoms with Crippen molar-refractivity contribution >= 4 is 23.3 Å². The topological polar surface area (TPSA) is 83.1 Å². The van der Waals surface area contributed by atoms with E-state index in [1.165, 1.54) is 0 Å². The van der Waals surface area contributed by atoms with E-state index in [4.69, 9.17) is 0 Å². The molecule has 128 valence electrons. The number of nitrogens with zero attached hydrogens (tertiary/aromatic N) is 1. The third-order valence-electron chi connectivity index (χ3n) is 3.43. The molecule has 0 spiro atoms. The van der Waals surface area contributed by atoms with E-state index >= 15 is 0 Å². The van der Waals surface area contributed by atoms with Crippen LogP contribution in [0.3, 0.4) is 0 Å². The smallest absolute Gasteiger partial charge is 0.321 e. The number of urea groups is 1. The number of hydrogen-bond donors (Lipinski definition) is 3. The van der Waals surface area contributed by atoms with Crippen molar-refractivity contribution in [3.8, 4) is 11.3 Å². The fraction of sp³-hybridized carbons (Fsp3) is 0.353. The van der Waals surface area contributed by atoms with E-state index in [1.807, 2.05) is 42.6 Å². The Bertz CT molecular complexity index is 687.